The summed E-state index contributed by atoms with van der Waals surface area (Å²) in [5.74, 6) is 1.38. The van der Waals surface area contributed by atoms with Gasteiger partial charge in [-0.25, -0.2) is 0 Å². The zero-order valence-corrected chi connectivity index (χ0v) is 12.1. The summed E-state index contributed by atoms with van der Waals surface area (Å²) in [4.78, 5) is 0. The Kier molecular flexibility index (Phi) is 5.27. The Morgan fingerprint density at radius 3 is 2.35 bits per heavy atom. The van der Waals surface area contributed by atoms with E-state index in [2.05, 4.69) is 0 Å². The molecule has 106 valence electrons. The lowest BCUT2D eigenvalue weighted by atomic mass is 10.1. The summed E-state index contributed by atoms with van der Waals surface area (Å²) < 4.78 is 11.5. The largest absolute Gasteiger partial charge is 0.490 e. The van der Waals surface area contributed by atoms with Crippen LogP contribution in [0, 0.1) is 0 Å². The number of halogens is 1. The fourth-order valence-electron chi connectivity index (χ4n) is 1.95. The van der Waals surface area contributed by atoms with Crippen LogP contribution in [0.4, 0.5) is 0 Å². The third-order valence-electron chi connectivity index (χ3n) is 2.88. The molecule has 0 aromatic heterocycles. The first-order valence-electron chi connectivity index (χ1n) is 6.59. The molecule has 0 fully saturated rings. The van der Waals surface area contributed by atoms with Crippen molar-refractivity contribution in [2.45, 2.75) is 13.0 Å². The van der Waals surface area contributed by atoms with Crippen LogP contribution < -0.4 is 15.2 Å². The van der Waals surface area contributed by atoms with Gasteiger partial charge in [0.25, 0.3) is 0 Å². The molecule has 0 aliphatic heterocycles. The zero-order chi connectivity index (χ0) is 14.4. The first-order valence-corrected chi connectivity index (χ1v) is 6.97. The minimum atomic E-state index is -0.301. The van der Waals surface area contributed by atoms with Gasteiger partial charge in [0.15, 0.2) is 11.5 Å². The van der Waals surface area contributed by atoms with Crippen molar-refractivity contribution in [3.8, 4) is 11.5 Å². The number of hydrogen-bond acceptors (Lipinski definition) is 3. The maximum absolute atomic E-state index is 6.20. The molecule has 0 aliphatic carbocycles. The monoisotopic (exact) mass is 291 g/mol. The molecule has 0 radical (unpaired) electrons. The van der Waals surface area contributed by atoms with E-state index in [4.69, 9.17) is 26.8 Å². The van der Waals surface area contributed by atoms with Crippen molar-refractivity contribution in [2.24, 2.45) is 5.73 Å². The number of ether oxygens (including phenoxy) is 2. The molecule has 2 rings (SSSR count). The van der Waals surface area contributed by atoms with Gasteiger partial charge in [0.05, 0.1) is 6.61 Å². The van der Waals surface area contributed by atoms with Crippen molar-refractivity contribution < 1.29 is 9.47 Å². The molecule has 1 unspecified atom stereocenters. The standard InChI is InChI=1S/C16H18ClNO2/c1-2-19-14-9-5-6-10-15(14)20-16(11-18)12-7-3-4-8-13(12)17/h3-10,16H,2,11,18H2,1H3. The quantitative estimate of drug-likeness (QED) is 0.880. The third-order valence-corrected chi connectivity index (χ3v) is 3.23. The number of benzene rings is 2. The summed E-state index contributed by atoms with van der Waals surface area (Å²) >= 11 is 6.20. The van der Waals surface area contributed by atoms with Crippen LogP contribution in [-0.4, -0.2) is 13.2 Å². The molecule has 0 amide bonds. The van der Waals surface area contributed by atoms with Crippen molar-refractivity contribution in [1.29, 1.82) is 0 Å². The maximum atomic E-state index is 6.20. The van der Waals surface area contributed by atoms with E-state index in [9.17, 15) is 0 Å². The Balaban J connectivity index is 2.25. The van der Waals surface area contributed by atoms with Gasteiger partial charge in [-0.05, 0) is 25.1 Å². The lowest BCUT2D eigenvalue weighted by molar-refractivity contribution is 0.200. The summed E-state index contributed by atoms with van der Waals surface area (Å²) in [6.45, 7) is 2.86. The van der Waals surface area contributed by atoms with E-state index in [1.807, 2.05) is 55.5 Å². The van der Waals surface area contributed by atoms with Gasteiger partial charge < -0.3 is 15.2 Å². The summed E-state index contributed by atoms with van der Waals surface area (Å²) in [6, 6.07) is 15.1. The van der Waals surface area contributed by atoms with Crippen LogP contribution in [-0.2, 0) is 0 Å². The molecule has 0 spiro atoms. The normalized spacial score (nSPS) is 11.9. The SMILES string of the molecule is CCOc1ccccc1OC(CN)c1ccccc1Cl. The molecule has 0 aliphatic rings. The fourth-order valence-corrected chi connectivity index (χ4v) is 2.21. The highest BCUT2D eigenvalue weighted by molar-refractivity contribution is 6.31. The molecule has 2 aromatic rings. The number of hydrogen-bond donors (Lipinski definition) is 1. The number of rotatable bonds is 6. The summed E-state index contributed by atoms with van der Waals surface area (Å²) in [5.41, 5.74) is 6.70. The summed E-state index contributed by atoms with van der Waals surface area (Å²) in [7, 11) is 0. The molecule has 3 nitrogen and oxygen atoms in total. The number of nitrogens with two attached hydrogens (primary N) is 1. The Bertz CT molecular complexity index is 560. The Morgan fingerprint density at radius 2 is 1.70 bits per heavy atom. The van der Waals surface area contributed by atoms with Gasteiger partial charge >= 0.3 is 0 Å². The number of para-hydroxylation sites is 2. The second-order valence-corrected chi connectivity index (χ2v) is 4.65. The predicted molar refractivity (Wildman–Crippen MR) is 81.5 cm³/mol. The Morgan fingerprint density at radius 1 is 1.05 bits per heavy atom. The zero-order valence-electron chi connectivity index (χ0n) is 11.4. The highest BCUT2D eigenvalue weighted by Gasteiger charge is 2.16. The van der Waals surface area contributed by atoms with E-state index in [-0.39, 0.29) is 6.10 Å². The van der Waals surface area contributed by atoms with Gasteiger partial charge in [0, 0.05) is 17.1 Å². The minimum absolute atomic E-state index is 0.301. The fraction of sp³-hybridized carbons (Fsp3) is 0.250. The van der Waals surface area contributed by atoms with Crippen LogP contribution in [0.5, 0.6) is 11.5 Å². The third kappa shape index (κ3) is 3.44. The summed E-state index contributed by atoms with van der Waals surface area (Å²) in [5, 5.41) is 0.650. The molecule has 0 saturated carbocycles. The van der Waals surface area contributed by atoms with Crippen LogP contribution in [0.25, 0.3) is 0 Å². The van der Waals surface area contributed by atoms with E-state index in [0.29, 0.717) is 29.7 Å². The Hall–Kier alpha value is -1.71. The molecular weight excluding hydrogens is 274 g/mol. The van der Waals surface area contributed by atoms with Crippen LogP contribution in [0.2, 0.25) is 5.02 Å². The highest BCUT2D eigenvalue weighted by atomic mass is 35.5. The molecule has 0 saturated heterocycles. The van der Waals surface area contributed by atoms with Gasteiger partial charge in [-0.2, -0.15) is 0 Å². The second kappa shape index (κ2) is 7.17. The lowest BCUT2D eigenvalue weighted by Crippen LogP contribution is -2.19. The molecule has 0 bridgehead atoms. The van der Waals surface area contributed by atoms with E-state index in [1.165, 1.54) is 0 Å². The lowest BCUT2D eigenvalue weighted by Gasteiger charge is -2.20. The minimum Gasteiger partial charge on any atom is -0.490 e. The molecule has 0 heterocycles. The molecular formula is C16H18ClNO2. The molecule has 20 heavy (non-hydrogen) atoms. The maximum Gasteiger partial charge on any atom is 0.162 e. The van der Waals surface area contributed by atoms with Crippen molar-refractivity contribution in [3.63, 3.8) is 0 Å². The topological polar surface area (TPSA) is 44.5 Å². The summed E-state index contributed by atoms with van der Waals surface area (Å²) in [6.07, 6.45) is -0.301. The van der Waals surface area contributed by atoms with Crippen LogP contribution in [0.15, 0.2) is 48.5 Å². The van der Waals surface area contributed by atoms with Gasteiger partial charge in [-0.3, -0.25) is 0 Å². The van der Waals surface area contributed by atoms with E-state index in [0.717, 1.165) is 5.56 Å². The van der Waals surface area contributed by atoms with Gasteiger partial charge in [-0.15, -0.1) is 0 Å². The van der Waals surface area contributed by atoms with Crippen molar-refractivity contribution in [2.75, 3.05) is 13.2 Å². The average molecular weight is 292 g/mol. The second-order valence-electron chi connectivity index (χ2n) is 4.24. The predicted octanol–water partition coefficient (Wildman–Crippen LogP) is 3.82. The average Bonchev–Trinajstić information content (AvgIpc) is 2.47. The Labute approximate surface area is 124 Å². The van der Waals surface area contributed by atoms with Crippen LogP contribution >= 0.6 is 11.6 Å². The van der Waals surface area contributed by atoms with Gasteiger partial charge in [-0.1, -0.05) is 41.9 Å². The molecule has 2 N–H and O–H groups in total. The molecule has 2 aromatic carbocycles. The molecule has 4 heteroatoms. The van der Waals surface area contributed by atoms with Gasteiger partial charge in [0.2, 0.25) is 0 Å². The van der Waals surface area contributed by atoms with Crippen molar-refractivity contribution in [3.05, 3.63) is 59.1 Å². The van der Waals surface area contributed by atoms with Crippen molar-refractivity contribution >= 4 is 11.6 Å². The smallest absolute Gasteiger partial charge is 0.162 e. The van der Waals surface area contributed by atoms with Crippen LogP contribution in [0.1, 0.15) is 18.6 Å². The van der Waals surface area contributed by atoms with Crippen molar-refractivity contribution in [1.82, 2.24) is 0 Å². The van der Waals surface area contributed by atoms with Crippen LogP contribution in [0.3, 0.4) is 0 Å². The van der Waals surface area contributed by atoms with E-state index >= 15 is 0 Å². The molecule has 1 atom stereocenters. The first-order chi connectivity index (χ1) is 9.76. The van der Waals surface area contributed by atoms with Gasteiger partial charge in [0.1, 0.15) is 6.10 Å². The van der Waals surface area contributed by atoms with E-state index < -0.39 is 0 Å². The first kappa shape index (κ1) is 14.7. The van der Waals surface area contributed by atoms with E-state index in [1.54, 1.807) is 0 Å². The highest BCUT2D eigenvalue weighted by Crippen LogP contribution is 2.32.